The van der Waals surface area contributed by atoms with Gasteiger partial charge in [0, 0.05) is 18.3 Å². The zero-order chi connectivity index (χ0) is 12.3. The summed E-state index contributed by atoms with van der Waals surface area (Å²) in [5, 5.41) is 3.47. The minimum Gasteiger partial charge on any atom is -0.382 e. The Balaban J connectivity index is 1.91. The zero-order valence-electron chi connectivity index (χ0n) is 10.6. The van der Waals surface area contributed by atoms with Gasteiger partial charge in [0.25, 0.3) is 0 Å². The number of benzene rings is 1. The number of likely N-dealkylation sites (tertiary alicyclic amines) is 1. The fourth-order valence-corrected chi connectivity index (χ4v) is 2.54. The molecule has 1 aliphatic rings. The molecule has 2 unspecified atom stereocenters. The van der Waals surface area contributed by atoms with Crippen LogP contribution in [-0.4, -0.2) is 31.1 Å². The van der Waals surface area contributed by atoms with Gasteiger partial charge in [-0.1, -0.05) is 0 Å². The van der Waals surface area contributed by atoms with Crippen LogP contribution in [0.2, 0.25) is 0 Å². The second kappa shape index (κ2) is 5.50. The van der Waals surface area contributed by atoms with E-state index in [9.17, 15) is 4.39 Å². The van der Waals surface area contributed by atoms with Gasteiger partial charge in [0.05, 0.1) is 0 Å². The first-order chi connectivity index (χ1) is 8.15. The van der Waals surface area contributed by atoms with Gasteiger partial charge in [-0.05, 0) is 63.5 Å². The molecule has 0 aromatic heterocycles. The van der Waals surface area contributed by atoms with Crippen LogP contribution < -0.4 is 5.32 Å². The summed E-state index contributed by atoms with van der Waals surface area (Å²) in [6, 6.07) is 7.05. The van der Waals surface area contributed by atoms with Crippen LogP contribution in [0, 0.1) is 11.7 Å². The summed E-state index contributed by atoms with van der Waals surface area (Å²) in [6.45, 7) is 4.57. The number of hydrogen-bond acceptors (Lipinski definition) is 2. The summed E-state index contributed by atoms with van der Waals surface area (Å²) in [7, 11) is 2.18. The Morgan fingerprint density at radius 2 is 2.06 bits per heavy atom. The molecule has 0 saturated carbocycles. The van der Waals surface area contributed by atoms with Gasteiger partial charge in [-0.15, -0.1) is 0 Å². The van der Waals surface area contributed by atoms with Gasteiger partial charge in [0.2, 0.25) is 0 Å². The van der Waals surface area contributed by atoms with Gasteiger partial charge >= 0.3 is 0 Å². The lowest BCUT2D eigenvalue weighted by Crippen LogP contribution is -2.39. The molecule has 94 valence electrons. The Bertz CT molecular complexity index is 350. The number of nitrogens with one attached hydrogen (secondary N) is 1. The predicted molar refractivity (Wildman–Crippen MR) is 69.7 cm³/mol. The highest BCUT2D eigenvalue weighted by atomic mass is 19.1. The van der Waals surface area contributed by atoms with Crippen molar-refractivity contribution in [1.82, 2.24) is 4.90 Å². The molecule has 1 N–H and O–H groups in total. The van der Waals surface area contributed by atoms with E-state index in [1.165, 1.54) is 31.5 Å². The molecule has 1 aliphatic heterocycles. The quantitative estimate of drug-likeness (QED) is 0.868. The van der Waals surface area contributed by atoms with E-state index in [0.29, 0.717) is 12.0 Å². The Morgan fingerprint density at radius 1 is 1.35 bits per heavy atom. The van der Waals surface area contributed by atoms with Crippen LogP contribution in [0.15, 0.2) is 24.3 Å². The van der Waals surface area contributed by atoms with E-state index in [4.69, 9.17) is 0 Å². The standard InChI is InChI=1S/C14H21FN2/c1-11(12-4-3-9-17(2)10-12)16-14-7-5-13(15)6-8-14/h5-8,11-12,16H,3-4,9-10H2,1-2H3. The van der Waals surface area contributed by atoms with Crippen molar-refractivity contribution in [3.8, 4) is 0 Å². The maximum absolute atomic E-state index is 12.8. The number of anilines is 1. The third-order valence-corrected chi connectivity index (χ3v) is 3.61. The van der Waals surface area contributed by atoms with Crippen molar-refractivity contribution in [3.63, 3.8) is 0 Å². The van der Waals surface area contributed by atoms with Crippen molar-refractivity contribution >= 4 is 5.69 Å². The average Bonchev–Trinajstić information content (AvgIpc) is 2.32. The van der Waals surface area contributed by atoms with E-state index in [1.807, 2.05) is 0 Å². The van der Waals surface area contributed by atoms with Gasteiger partial charge in [-0.25, -0.2) is 4.39 Å². The maximum atomic E-state index is 12.8. The van der Waals surface area contributed by atoms with Crippen molar-refractivity contribution in [2.75, 3.05) is 25.5 Å². The maximum Gasteiger partial charge on any atom is 0.123 e. The first-order valence-corrected chi connectivity index (χ1v) is 6.36. The zero-order valence-corrected chi connectivity index (χ0v) is 10.6. The highest BCUT2D eigenvalue weighted by Crippen LogP contribution is 2.21. The van der Waals surface area contributed by atoms with E-state index in [0.717, 1.165) is 12.2 Å². The van der Waals surface area contributed by atoms with E-state index in [1.54, 1.807) is 12.1 Å². The van der Waals surface area contributed by atoms with Crippen molar-refractivity contribution in [3.05, 3.63) is 30.1 Å². The van der Waals surface area contributed by atoms with E-state index in [2.05, 4.69) is 24.2 Å². The Kier molecular flexibility index (Phi) is 4.00. The molecule has 0 bridgehead atoms. The number of rotatable bonds is 3. The molecule has 1 saturated heterocycles. The molecule has 0 radical (unpaired) electrons. The summed E-state index contributed by atoms with van der Waals surface area (Å²) < 4.78 is 12.8. The molecule has 2 atom stereocenters. The number of hydrogen-bond donors (Lipinski definition) is 1. The summed E-state index contributed by atoms with van der Waals surface area (Å²) >= 11 is 0. The average molecular weight is 236 g/mol. The third-order valence-electron chi connectivity index (χ3n) is 3.61. The Labute approximate surface area is 103 Å². The molecule has 1 aromatic rings. The second-order valence-electron chi connectivity index (χ2n) is 5.10. The SMILES string of the molecule is CC(Nc1ccc(F)cc1)C1CCCN(C)C1. The molecule has 0 amide bonds. The molecular weight excluding hydrogens is 215 g/mol. The largest absolute Gasteiger partial charge is 0.382 e. The van der Waals surface area contributed by atoms with E-state index < -0.39 is 0 Å². The summed E-state index contributed by atoms with van der Waals surface area (Å²) in [5.41, 5.74) is 1.01. The molecule has 17 heavy (non-hydrogen) atoms. The van der Waals surface area contributed by atoms with Crippen LogP contribution in [0.3, 0.4) is 0 Å². The van der Waals surface area contributed by atoms with Gasteiger partial charge in [0.15, 0.2) is 0 Å². The lowest BCUT2D eigenvalue weighted by Gasteiger charge is -2.34. The van der Waals surface area contributed by atoms with Crippen LogP contribution in [0.5, 0.6) is 0 Å². The van der Waals surface area contributed by atoms with Crippen LogP contribution >= 0.6 is 0 Å². The molecule has 2 rings (SSSR count). The first-order valence-electron chi connectivity index (χ1n) is 6.36. The summed E-state index contributed by atoms with van der Waals surface area (Å²) in [5.74, 6) is 0.499. The van der Waals surface area contributed by atoms with Gasteiger partial charge in [-0.2, -0.15) is 0 Å². The first kappa shape index (κ1) is 12.4. The van der Waals surface area contributed by atoms with Crippen LogP contribution in [0.4, 0.5) is 10.1 Å². The van der Waals surface area contributed by atoms with E-state index >= 15 is 0 Å². The highest BCUT2D eigenvalue weighted by molar-refractivity contribution is 5.43. The smallest absolute Gasteiger partial charge is 0.123 e. The predicted octanol–water partition coefficient (Wildman–Crippen LogP) is 2.97. The molecule has 1 fully saturated rings. The lowest BCUT2D eigenvalue weighted by atomic mass is 9.92. The number of halogens is 1. The highest BCUT2D eigenvalue weighted by Gasteiger charge is 2.22. The molecule has 1 heterocycles. The van der Waals surface area contributed by atoms with Crippen molar-refractivity contribution in [2.24, 2.45) is 5.92 Å². The van der Waals surface area contributed by atoms with Crippen molar-refractivity contribution in [1.29, 1.82) is 0 Å². The van der Waals surface area contributed by atoms with Crippen LogP contribution in [-0.2, 0) is 0 Å². The minimum absolute atomic E-state index is 0.180. The van der Waals surface area contributed by atoms with Gasteiger partial charge in [0.1, 0.15) is 5.82 Å². The molecule has 2 nitrogen and oxygen atoms in total. The minimum atomic E-state index is -0.180. The molecular formula is C14H21FN2. The Hall–Kier alpha value is -1.09. The fraction of sp³-hybridized carbons (Fsp3) is 0.571. The number of piperidine rings is 1. The van der Waals surface area contributed by atoms with Crippen molar-refractivity contribution < 1.29 is 4.39 Å². The molecule has 1 aromatic carbocycles. The second-order valence-corrected chi connectivity index (χ2v) is 5.10. The van der Waals surface area contributed by atoms with Crippen LogP contribution in [0.1, 0.15) is 19.8 Å². The summed E-state index contributed by atoms with van der Waals surface area (Å²) in [6.07, 6.45) is 2.55. The number of nitrogens with zero attached hydrogens (tertiary/aromatic N) is 1. The normalized spacial score (nSPS) is 23.4. The van der Waals surface area contributed by atoms with Crippen LogP contribution in [0.25, 0.3) is 0 Å². The van der Waals surface area contributed by atoms with E-state index in [-0.39, 0.29) is 5.82 Å². The fourth-order valence-electron chi connectivity index (χ4n) is 2.54. The van der Waals surface area contributed by atoms with Gasteiger partial charge in [-0.3, -0.25) is 0 Å². The summed E-state index contributed by atoms with van der Waals surface area (Å²) in [4.78, 5) is 2.39. The third kappa shape index (κ3) is 3.43. The lowest BCUT2D eigenvalue weighted by molar-refractivity contribution is 0.197. The topological polar surface area (TPSA) is 15.3 Å². The molecule has 0 spiro atoms. The van der Waals surface area contributed by atoms with Crippen molar-refractivity contribution in [2.45, 2.75) is 25.8 Å². The molecule has 3 heteroatoms. The Morgan fingerprint density at radius 3 is 2.71 bits per heavy atom. The van der Waals surface area contributed by atoms with Gasteiger partial charge < -0.3 is 10.2 Å². The molecule has 0 aliphatic carbocycles. The monoisotopic (exact) mass is 236 g/mol.